The number of carbonyl (C=O) groups is 2. The molecule has 1 aromatic heterocycles. The Morgan fingerprint density at radius 1 is 1.06 bits per heavy atom. The number of thiophene rings is 1. The van der Waals surface area contributed by atoms with Crippen LogP contribution in [0.15, 0.2) is 35.7 Å². The standard InChI is InChI=1S/C24H32N2O4S/c1-17(2)12-26(23(28)24(3,4)5)15-22(27)25(14-19-7-6-10-31-19)13-18-8-9-20-21(11-18)30-16-29-20/h6-11,17H,12-16H2,1-5H3. The number of benzene rings is 1. The van der Waals surface area contributed by atoms with Crippen molar-refractivity contribution in [2.75, 3.05) is 19.9 Å². The first-order valence-corrected chi connectivity index (χ1v) is 11.5. The third-order valence-corrected chi connectivity index (χ3v) is 5.79. The minimum absolute atomic E-state index is 0.00583. The van der Waals surface area contributed by atoms with Gasteiger partial charge in [-0.2, -0.15) is 0 Å². The van der Waals surface area contributed by atoms with Crippen LogP contribution in [-0.2, 0) is 22.7 Å². The minimum Gasteiger partial charge on any atom is -0.454 e. The molecule has 2 aromatic rings. The second-order valence-electron chi connectivity index (χ2n) is 9.35. The van der Waals surface area contributed by atoms with Gasteiger partial charge in [0.15, 0.2) is 11.5 Å². The quantitative estimate of drug-likeness (QED) is 0.600. The Balaban J connectivity index is 1.80. The average Bonchev–Trinajstić information content (AvgIpc) is 3.36. The smallest absolute Gasteiger partial charge is 0.242 e. The summed E-state index contributed by atoms with van der Waals surface area (Å²) in [6, 6.07) is 9.76. The van der Waals surface area contributed by atoms with Crippen molar-refractivity contribution < 1.29 is 19.1 Å². The summed E-state index contributed by atoms with van der Waals surface area (Å²) in [5.41, 5.74) is 0.428. The van der Waals surface area contributed by atoms with Crippen molar-refractivity contribution in [1.29, 1.82) is 0 Å². The van der Waals surface area contributed by atoms with Gasteiger partial charge in [0.1, 0.15) is 0 Å². The summed E-state index contributed by atoms with van der Waals surface area (Å²) < 4.78 is 10.9. The topological polar surface area (TPSA) is 59.1 Å². The molecule has 2 heterocycles. The van der Waals surface area contributed by atoms with Gasteiger partial charge < -0.3 is 19.3 Å². The molecule has 168 valence electrons. The SMILES string of the molecule is CC(C)CN(CC(=O)N(Cc1ccc2c(c1)OCO2)Cc1cccs1)C(=O)C(C)(C)C. The monoisotopic (exact) mass is 444 g/mol. The molecule has 0 aliphatic carbocycles. The summed E-state index contributed by atoms with van der Waals surface area (Å²) in [7, 11) is 0. The molecule has 2 amide bonds. The van der Waals surface area contributed by atoms with Crippen molar-refractivity contribution in [2.24, 2.45) is 11.3 Å². The predicted octanol–water partition coefficient (Wildman–Crippen LogP) is 4.54. The molecular formula is C24H32N2O4S. The van der Waals surface area contributed by atoms with Gasteiger partial charge in [0.2, 0.25) is 18.6 Å². The Bertz CT molecular complexity index is 903. The molecule has 7 heteroatoms. The Kier molecular flexibility index (Phi) is 7.26. The summed E-state index contributed by atoms with van der Waals surface area (Å²) >= 11 is 1.62. The maximum absolute atomic E-state index is 13.4. The second kappa shape index (κ2) is 9.73. The second-order valence-corrected chi connectivity index (χ2v) is 10.4. The van der Waals surface area contributed by atoms with Crippen LogP contribution in [0, 0.1) is 11.3 Å². The molecule has 0 radical (unpaired) electrons. The number of carbonyl (C=O) groups excluding carboxylic acids is 2. The van der Waals surface area contributed by atoms with Crippen LogP contribution in [0.3, 0.4) is 0 Å². The number of hydrogen-bond acceptors (Lipinski definition) is 5. The van der Waals surface area contributed by atoms with E-state index in [9.17, 15) is 9.59 Å². The van der Waals surface area contributed by atoms with Crippen LogP contribution in [-0.4, -0.2) is 41.5 Å². The molecule has 0 saturated heterocycles. The van der Waals surface area contributed by atoms with E-state index in [1.54, 1.807) is 16.2 Å². The molecule has 3 rings (SSSR count). The van der Waals surface area contributed by atoms with Gasteiger partial charge in [0.25, 0.3) is 0 Å². The van der Waals surface area contributed by atoms with Crippen molar-refractivity contribution in [1.82, 2.24) is 9.80 Å². The van der Waals surface area contributed by atoms with Crippen LogP contribution in [0.5, 0.6) is 11.5 Å². The van der Waals surface area contributed by atoms with E-state index in [0.29, 0.717) is 25.4 Å². The van der Waals surface area contributed by atoms with Crippen molar-refractivity contribution in [3.8, 4) is 11.5 Å². The fourth-order valence-electron chi connectivity index (χ4n) is 3.48. The molecular weight excluding hydrogens is 412 g/mol. The van der Waals surface area contributed by atoms with E-state index in [2.05, 4.69) is 13.8 Å². The zero-order valence-corrected chi connectivity index (χ0v) is 19.8. The summed E-state index contributed by atoms with van der Waals surface area (Å²) in [6.45, 7) is 11.6. The van der Waals surface area contributed by atoms with Gasteiger partial charge in [-0.15, -0.1) is 11.3 Å². The molecule has 1 aliphatic heterocycles. The first-order valence-electron chi connectivity index (χ1n) is 10.6. The average molecular weight is 445 g/mol. The Labute approximate surface area is 188 Å². The Morgan fingerprint density at radius 2 is 1.81 bits per heavy atom. The fourth-order valence-corrected chi connectivity index (χ4v) is 4.20. The van der Waals surface area contributed by atoms with Crippen LogP contribution >= 0.6 is 11.3 Å². The number of rotatable bonds is 8. The highest BCUT2D eigenvalue weighted by molar-refractivity contribution is 7.09. The number of ether oxygens (including phenoxy) is 2. The third kappa shape index (κ3) is 6.23. The molecule has 0 saturated carbocycles. The summed E-state index contributed by atoms with van der Waals surface area (Å²) in [6.07, 6.45) is 0. The lowest BCUT2D eigenvalue weighted by Crippen LogP contribution is -2.47. The molecule has 0 N–H and O–H groups in total. The maximum atomic E-state index is 13.4. The van der Waals surface area contributed by atoms with E-state index in [1.807, 2.05) is 61.4 Å². The van der Waals surface area contributed by atoms with E-state index in [4.69, 9.17) is 9.47 Å². The van der Waals surface area contributed by atoms with Gasteiger partial charge in [-0.25, -0.2) is 0 Å². The van der Waals surface area contributed by atoms with Crippen LogP contribution in [0.4, 0.5) is 0 Å². The van der Waals surface area contributed by atoms with E-state index in [1.165, 1.54) is 0 Å². The van der Waals surface area contributed by atoms with Crippen LogP contribution in [0.1, 0.15) is 45.1 Å². The molecule has 0 atom stereocenters. The zero-order chi connectivity index (χ0) is 22.6. The fraction of sp³-hybridized carbons (Fsp3) is 0.500. The molecule has 0 fully saturated rings. The zero-order valence-electron chi connectivity index (χ0n) is 19.0. The van der Waals surface area contributed by atoms with Crippen molar-refractivity contribution in [3.05, 3.63) is 46.2 Å². The Morgan fingerprint density at radius 3 is 2.45 bits per heavy atom. The van der Waals surface area contributed by atoms with E-state index < -0.39 is 5.41 Å². The van der Waals surface area contributed by atoms with E-state index in [-0.39, 0.29) is 31.1 Å². The predicted molar refractivity (Wildman–Crippen MR) is 122 cm³/mol. The minimum atomic E-state index is -0.537. The maximum Gasteiger partial charge on any atom is 0.242 e. The first-order chi connectivity index (χ1) is 14.6. The molecule has 0 bridgehead atoms. The van der Waals surface area contributed by atoms with Gasteiger partial charge in [-0.05, 0) is 35.1 Å². The third-order valence-electron chi connectivity index (χ3n) is 4.93. The molecule has 31 heavy (non-hydrogen) atoms. The van der Waals surface area contributed by atoms with Crippen molar-refractivity contribution in [2.45, 2.75) is 47.7 Å². The number of hydrogen-bond donors (Lipinski definition) is 0. The highest BCUT2D eigenvalue weighted by atomic mass is 32.1. The normalized spacial score (nSPS) is 12.8. The van der Waals surface area contributed by atoms with Gasteiger partial charge in [-0.3, -0.25) is 9.59 Å². The first kappa shape index (κ1) is 23.1. The van der Waals surface area contributed by atoms with Crippen molar-refractivity contribution in [3.63, 3.8) is 0 Å². The molecule has 1 aromatic carbocycles. The Hall–Kier alpha value is -2.54. The van der Waals surface area contributed by atoms with Gasteiger partial charge in [0, 0.05) is 23.4 Å². The highest BCUT2D eigenvalue weighted by Gasteiger charge is 2.30. The van der Waals surface area contributed by atoms with Gasteiger partial charge in [-0.1, -0.05) is 46.8 Å². The van der Waals surface area contributed by atoms with Crippen LogP contribution in [0.25, 0.3) is 0 Å². The molecule has 1 aliphatic rings. The molecule has 0 unspecified atom stereocenters. The lowest BCUT2D eigenvalue weighted by Gasteiger charge is -2.32. The lowest BCUT2D eigenvalue weighted by molar-refractivity contribution is -0.146. The van der Waals surface area contributed by atoms with E-state index >= 15 is 0 Å². The summed E-state index contributed by atoms with van der Waals surface area (Å²) in [5, 5.41) is 2.01. The van der Waals surface area contributed by atoms with Crippen LogP contribution < -0.4 is 9.47 Å². The van der Waals surface area contributed by atoms with Crippen LogP contribution in [0.2, 0.25) is 0 Å². The van der Waals surface area contributed by atoms with Gasteiger partial charge in [0.05, 0.1) is 13.1 Å². The molecule has 6 nitrogen and oxygen atoms in total. The number of amides is 2. The van der Waals surface area contributed by atoms with Gasteiger partial charge >= 0.3 is 0 Å². The largest absolute Gasteiger partial charge is 0.454 e. The van der Waals surface area contributed by atoms with Crippen molar-refractivity contribution >= 4 is 23.2 Å². The van der Waals surface area contributed by atoms with E-state index in [0.717, 1.165) is 16.2 Å². The molecule has 0 spiro atoms. The number of fused-ring (bicyclic) bond motifs is 1. The summed E-state index contributed by atoms with van der Waals surface area (Å²) in [5.74, 6) is 1.63. The lowest BCUT2D eigenvalue weighted by atomic mass is 9.94. The highest BCUT2D eigenvalue weighted by Crippen LogP contribution is 2.33. The summed E-state index contributed by atoms with van der Waals surface area (Å²) in [4.78, 5) is 31.0. The number of nitrogens with zero attached hydrogens (tertiary/aromatic N) is 2.